The SMILES string of the molecule is Cc1c(N)cc(Br)cc1S(=O)(=O)N1CC(CO)C1. The Morgan fingerprint density at radius 1 is 1.50 bits per heavy atom. The molecule has 1 aromatic carbocycles. The molecule has 1 fully saturated rings. The number of halogens is 1. The molecule has 2 rings (SSSR count). The van der Waals surface area contributed by atoms with Gasteiger partial charge in [0.25, 0.3) is 0 Å². The molecular formula is C11H15BrN2O3S. The van der Waals surface area contributed by atoms with Gasteiger partial charge in [-0.05, 0) is 24.6 Å². The van der Waals surface area contributed by atoms with E-state index in [0.29, 0.717) is 28.8 Å². The van der Waals surface area contributed by atoms with Gasteiger partial charge in [-0.1, -0.05) is 15.9 Å². The topological polar surface area (TPSA) is 83.6 Å². The van der Waals surface area contributed by atoms with E-state index in [2.05, 4.69) is 15.9 Å². The summed E-state index contributed by atoms with van der Waals surface area (Å²) >= 11 is 3.25. The fourth-order valence-electron chi connectivity index (χ4n) is 1.92. The molecule has 3 N–H and O–H groups in total. The average molecular weight is 335 g/mol. The quantitative estimate of drug-likeness (QED) is 0.806. The first-order valence-corrected chi connectivity index (χ1v) is 7.76. The van der Waals surface area contributed by atoms with Crippen LogP contribution in [0.15, 0.2) is 21.5 Å². The highest BCUT2D eigenvalue weighted by Gasteiger charge is 2.37. The maximum absolute atomic E-state index is 12.4. The van der Waals surface area contributed by atoms with Gasteiger partial charge in [-0.25, -0.2) is 8.42 Å². The van der Waals surface area contributed by atoms with Crippen LogP contribution in [0, 0.1) is 12.8 Å². The fraction of sp³-hybridized carbons (Fsp3) is 0.455. The van der Waals surface area contributed by atoms with E-state index in [1.165, 1.54) is 4.31 Å². The molecule has 0 bridgehead atoms. The summed E-state index contributed by atoms with van der Waals surface area (Å²) in [7, 11) is -3.51. The molecular weight excluding hydrogens is 320 g/mol. The highest BCUT2D eigenvalue weighted by atomic mass is 79.9. The predicted molar refractivity (Wildman–Crippen MR) is 72.6 cm³/mol. The number of hydrogen-bond donors (Lipinski definition) is 2. The van der Waals surface area contributed by atoms with Crippen LogP contribution in [0.3, 0.4) is 0 Å². The number of hydrogen-bond acceptors (Lipinski definition) is 4. The van der Waals surface area contributed by atoms with Gasteiger partial charge in [0.1, 0.15) is 0 Å². The van der Waals surface area contributed by atoms with Crippen molar-refractivity contribution in [3.05, 3.63) is 22.2 Å². The summed E-state index contributed by atoms with van der Waals surface area (Å²) in [4.78, 5) is 0.228. The number of nitrogens with zero attached hydrogens (tertiary/aromatic N) is 1. The minimum atomic E-state index is -3.51. The number of sulfonamides is 1. The van der Waals surface area contributed by atoms with Gasteiger partial charge in [-0.2, -0.15) is 4.31 Å². The number of anilines is 1. The molecule has 0 aliphatic carbocycles. The molecule has 1 aromatic rings. The molecule has 0 unspecified atom stereocenters. The van der Waals surface area contributed by atoms with Crippen molar-refractivity contribution in [2.45, 2.75) is 11.8 Å². The van der Waals surface area contributed by atoms with Crippen LogP contribution in [-0.2, 0) is 10.0 Å². The number of benzene rings is 1. The Kier molecular flexibility index (Phi) is 3.68. The summed E-state index contributed by atoms with van der Waals surface area (Å²) < 4.78 is 26.7. The van der Waals surface area contributed by atoms with Crippen molar-refractivity contribution < 1.29 is 13.5 Å². The standard InChI is InChI=1S/C11H15BrN2O3S/c1-7-10(13)2-9(12)3-11(7)18(16,17)14-4-8(5-14)6-15/h2-3,8,15H,4-6,13H2,1H3. The summed E-state index contributed by atoms with van der Waals surface area (Å²) in [5.74, 6) is 0.0459. The average Bonchev–Trinajstić information content (AvgIpc) is 2.21. The monoisotopic (exact) mass is 334 g/mol. The number of rotatable bonds is 3. The van der Waals surface area contributed by atoms with Gasteiger partial charge in [-0.15, -0.1) is 0 Å². The van der Waals surface area contributed by atoms with Gasteiger partial charge >= 0.3 is 0 Å². The molecule has 0 radical (unpaired) electrons. The second-order valence-electron chi connectivity index (χ2n) is 4.49. The molecule has 0 atom stereocenters. The third-order valence-corrected chi connectivity index (χ3v) is 5.58. The molecule has 0 spiro atoms. The molecule has 7 heteroatoms. The number of aliphatic hydroxyl groups is 1. The first-order valence-electron chi connectivity index (χ1n) is 5.53. The third-order valence-electron chi connectivity index (χ3n) is 3.16. The van der Waals surface area contributed by atoms with Gasteiger partial charge in [0.05, 0.1) is 4.90 Å². The number of nitrogens with two attached hydrogens (primary N) is 1. The lowest BCUT2D eigenvalue weighted by Gasteiger charge is -2.37. The Bertz CT molecular complexity index is 568. The summed E-state index contributed by atoms with van der Waals surface area (Å²) in [6.07, 6.45) is 0. The molecule has 100 valence electrons. The highest BCUT2D eigenvalue weighted by Crippen LogP contribution is 2.31. The van der Waals surface area contributed by atoms with Crippen LogP contribution in [0.5, 0.6) is 0 Å². The van der Waals surface area contributed by atoms with Crippen LogP contribution in [0.4, 0.5) is 5.69 Å². The van der Waals surface area contributed by atoms with Crippen molar-refractivity contribution >= 4 is 31.6 Å². The largest absolute Gasteiger partial charge is 0.398 e. The van der Waals surface area contributed by atoms with Crippen LogP contribution in [0.2, 0.25) is 0 Å². The molecule has 0 saturated carbocycles. The van der Waals surface area contributed by atoms with Gasteiger partial charge < -0.3 is 10.8 Å². The van der Waals surface area contributed by atoms with Gasteiger partial charge in [0.2, 0.25) is 10.0 Å². The minimum absolute atomic E-state index is 0.0195. The van der Waals surface area contributed by atoms with E-state index in [9.17, 15) is 8.42 Å². The summed E-state index contributed by atoms with van der Waals surface area (Å²) in [6, 6.07) is 3.24. The summed E-state index contributed by atoms with van der Waals surface area (Å²) in [5, 5.41) is 8.93. The zero-order valence-electron chi connectivity index (χ0n) is 9.93. The minimum Gasteiger partial charge on any atom is -0.398 e. The maximum atomic E-state index is 12.4. The number of aliphatic hydroxyl groups excluding tert-OH is 1. The van der Waals surface area contributed by atoms with E-state index in [4.69, 9.17) is 10.8 Å². The van der Waals surface area contributed by atoms with E-state index in [-0.39, 0.29) is 17.4 Å². The Labute approximate surface area is 115 Å². The Morgan fingerprint density at radius 3 is 2.67 bits per heavy atom. The second-order valence-corrected chi connectivity index (χ2v) is 7.31. The van der Waals surface area contributed by atoms with E-state index in [1.54, 1.807) is 19.1 Å². The van der Waals surface area contributed by atoms with Crippen molar-refractivity contribution in [1.82, 2.24) is 4.31 Å². The fourth-order valence-corrected chi connectivity index (χ4v) is 4.42. The molecule has 1 aliphatic heterocycles. The normalized spacial score (nSPS) is 17.7. The Hall–Kier alpha value is -0.630. The third kappa shape index (κ3) is 2.27. The van der Waals surface area contributed by atoms with E-state index in [1.807, 2.05) is 0 Å². The zero-order valence-corrected chi connectivity index (χ0v) is 12.3. The Balaban J connectivity index is 2.37. The van der Waals surface area contributed by atoms with E-state index < -0.39 is 10.0 Å². The summed E-state index contributed by atoms with van der Waals surface area (Å²) in [5.41, 5.74) is 6.79. The molecule has 1 aliphatic rings. The first kappa shape index (κ1) is 13.8. The molecule has 1 heterocycles. The van der Waals surface area contributed by atoms with Gasteiger partial charge in [0, 0.05) is 35.8 Å². The predicted octanol–water partition coefficient (Wildman–Crippen LogP) is 0.953. The number of nitrogen functional groups attached to an aromatic ring is 1. The van der Waals surface area contributed by atoms with Crippen LogP contribution < -0.4 is 5.73 Å². The van der Waals surface area contributed by atoms with E-state index >= 15 is 0 Å². The lowest BCUT2D eigenvalue weighted by Crippen LogP contribution is -2.51. The lowest BCUT2D eigenvalue weighted by atomic mass is 10.1. The molecule has 5 nitrogen and oxygen atoms in total. The highest BCUT2D eigenvalue weighted by molar-refractivity contribution is 9.10. The lowest BCUT2D eigenvalue weighted by molar-refractivity contribution is 0.117. The van der Waals surface area contributed by atoms with Crippen molar-refractivity contribution in [3.8, 4) is 0 Å². The zero-order chi connectivity index (χ0) is 13.5. The molecule has 18 heavy (non-hydrogen) atoms. The molecule has 1 saturated heterocycles. The van der Waals surface area contributed by atoms with Gasteiger partial charge in [-0.3, -0.25) is 0 Å². The van der Waals surface area contributed by atoms with Crippen LogP contribution in [0.25, 0.3) is 0 Å². The van der Waals surface area contributed by atoms with Crippen molar-refractivity contribution in [3.63, 3.8) is 0 Å². The smallest absolute Gasteiger partial charge is 0.243 e. The van der Waals surface area contributed by atoms with E-state index in [0.717, 1.165) is 0 Å². The summed E-state index contributed by atoms with van der Waals surface area (Å²) in [6.45, 7) is 2.44. The van der Waals surface area contributed by atoms with Gasteiger partial charge in [0.15, 0.2) is 0 Å². The second kappa shape index (κ2) is 4.80. The van der Waals surface area contributed by atoms with Crippen LogP contribution in [-0.4, -0.2) is 37.5 Å². The van der Waals surface area contributed by atoms with Crippen molar-refractivity contribution in [2.75, 3.05) is 25.4 Å². The van der Waals surface area contributed by atoms with Crippen LogP contribution >= 0.6 is 15.9 Å². The molecule has 0 aromatic heterocycles. The maximum Gasteiger partial charge on any atom is 0.243 e. The van der Waals surface area contributed by atoms with Crippen molar-refractivity contribution in [2.24, 2.45) is 5.92 Å². The van der Waals surface area contributed by atoms with Crippen LogP contribution in [0.1, 0.15) is 5.56 Å². The first-order chi connectivity index (χ1) is 8.36. The van der Waals surface area contributed by atoms with Crippen molar-refractivity contribution in [1.29, 1.82) is 0 Å². The Morgan fingerprint density at radius 2 is 2.11 bits per heavy atom. The molecule has 0 amide bonds.